The highest BCUT2D eigenvalue weighted by Gasteiger charge is 2.16. The average Bonchev–Trinajstić information content (AvgIpc) is 2.35. The first kappa shape index (κ1) is 11.3. The van der Waals surface area contributed by atoms with Gasteiger partial charge in [0, 0.05) is 12.2 Å². The van der Waals surface area contributed by atoms with E-state index in [1.54, 1.807) is 0 Å². The second-order valence-corrected chi connectivity index (χ2v) is 4.53. The third-order valence-corrected chi connectivity index (χ3v) is 3.22. The van der Waals surface area contributed by atoms with Crippen molar-refractivity contribution in [3.63, 3.8) is 0 Å². The summed E-state index contributed by atoms with van der Waals surface area (Å²) in [5.74, 6) is 1.79. The van der Waals surface area contributed by atoms with E-state index in [1.807, 2.05) is 0 Å². The maximum absolute atomic E-state index is 5.66. The summed E-state index contributed by atoms with van der Waals surface area (Å²) in [4.78, 5) is 0. The number of anilines is 1. The van der Waals surface area contributed by atoms with Crippen molar-refractivity contribution in [3.05, 3.63) is 23.8 Å². The van der Waals surface area contributed by atoms with Gasteiger partial charge in [-0.3, -0.25) is 0 Å². The van der Waals surface area contributed by atoms with Crippen molar-refractivity contribution in [1.82, 2.24) is 0 Å². The van der Waals surface area contributed by atoms with Crippen LogP contribution in [0, 0.1) is 5.92 Å². The molecule has 0 bridgehead atoms. The van der Waals surface area contributed by atoms with E-state index in [0.29, 0.717) is 0 Å². The Hall–Kier alpha value is -1.18. The number of hydrogen-bond donors (Lipinski definition) is 1. The second kappa shape index (κ2) is 5.24. The number of nitrogens with one attached hydrogen (secondary N) is 1. The molecule has 1 aliphatic heterocycles. The predicted molar refractivity (Wildman–Crippen MR) is 68.2 cm³/mol. The highest BCUT2D eigenvalue weighted by atomic mass is 16.5. The summed E-state index contributed by atoms with van der Waals surface area (Å²) in [6.07, 6.45) is 3.49. The molecule has 1 unspecified atom stereocenters. The van der Waals surface area contributed by atoms with E-state index in [1.165, 1.54) is 24.1 Å². The monoisotopic (exact) mass is 219 g/mol. The molecular formula is C14H21NO. The Balaban J connectivity index is 2.11. The molecule has 2 rings (SSSR count). The zero-order valence-electron chi connectivity index (χ0n) is 10.3. The normalized spacial score (nSPS) is 18.8. The lowest BCUT2D eigenvalue weighted by Gasteiger charge is -2.25. The van der Waals surface area contributed by atoms with Crippen LogP contribution in [0.25, 0.3) is 0 Å². The van der Waals surface area contributed by atoms with Gasteiger partial charge in [0.25, 0.3) is 0 Å². The van der Waals surface area contributed by atoms with Crippen molar-refractivity contribution in [3.8, 4) is 5.75 Å². The van der Waals surface area contributed by atoms with Crippen molar-refractivity contribution in [2.45, 2.75) is 33.1 Å². The van der Waals surface area contributed by atoms with Crippen LogP contribution in [0.2, 0.25) is 0 Å². The minimum Gasteiger partial charge on any atom is -0.494 e. The zero-order chi connectivity index (χ0) is 11.4. The van der Waals surface area contributed by atoms with Crippen LogP contribution < -0.4 is 10.1 Å². The van der Waals surface area contributed by atoms with Gasteiger partial charge >= 0.3 is 0 Å². The molecule has 0 saturated carbocycles. The Morgan fingerprint density at radius 3 is 3.00 bits per heavy atom. The van der Waals surface area contributed by atoms with Crippen LogP contribution in [0.1, 0.15) is 32.3 Å². The SMILES string of the molecule is CCCOc1ccc2c(c1)CC(CC)CN2. The van der Waals surface area contributed by atoms with E-state index in [0.717, 1.165) is 31.2 Å². The molecule has 0 fully saturated rings. The molecule has 16 heavy (non-hydrogen) atoms. The van der Waals surface area contributed by atoms with E-state index in [9.17, 15) is 0 Å². The third-order valence-electron chi connectivity index (χ3n) is 3.22. The number of hydrogen-bond acceptors (Lipinski definition) is 2. The van der Waals surface area contributed by atoms with Crippen molar-refractivity contribution < 1.29 is 4.74 Å². The largest absolute Gasteiger partial charge is 0.494 e. The minimum absolute atomic E-state index is 0.772. The molecule has 2 nitrogen and oxygen atoms in total. The quantitative estimate of drug-likeness (QED) is 0.837. The van der Waals surface area contributed by atoms with Gasteiger partial charge in [0.1, 0.15) is 5.75 Å². The lowest BCUT2D eigenvalue weighted by atomic mass is 9.92. The van der Waals surface area contributed by atoms with Crippen molar-refractivity contribution in [2.75, 3.05) is 18.5 Å². The molecule has 2 heteroatoms. The molecule has 1 heterocycles. The van der Waals surface area contributed by atoms with Gasteiger partial charge in [0.2, 0.25) is 0 Å². The summed E-state index contributed by atoms with van der Waals surface area (Å²) in [5, 5.41) is 3.49. The average molecular weight is 219 g/mol. The number of rotatable bonds is 4. The topological polar surface area (TPSA) is 21.3 Å². The number of benzene rings is 1. The van der Waals surface area contributed by atoms with E-state index in [2.05, 4.69) is 37.4 Å². The van der Waals surface area contributed by atoms with E-state index < -0.39 is 0 Å². The first-order valence-corrected chi connectivity index (χ1v) is 6.33. The van der Waals surface area contributed by atoms with E-state index in [-0.39, 0.29) is 0 Å². The first-order chi connectivity index (χ1) is 7.83. The molecule has 0 saturated heterocycles. The Labute approximate surface area is 98.0 Å². The van der Waals surface area contributed by atoms with Crippen LogP contribution in [-0.4, -0.2) is 13.2 Å². The summed E-state index contributed by atoms with van der Waals surface area (Å²) in [5.41, 5.74) is 2.69. The molecule has 0 radical (unpaired) electrons. The van der Waals surface area contributed by atoms with Crippen LogP contribution in [0.5, 0.6) is 5.75 Å². The summed E-state index contributed by atoms with van der Waals surface area (Å²) in [6, 6.07) is 6.40. The van der Waals surface area contributed by atoms with Crippen molar-refractivity contribution in [2.24, 2.45) is 5.92 Å². The van der Waals surface area contributed by atoms with Gasteiger partial charge < -0.3 is 10.1 Å². The molecule has 1 aromatic rings. The molecule has 1 N–H and O–H groups in total. The molecule has 1 aromatic carbocycles. The zero-order valence-corrected chi connectivity index (χ0v) is 10.3. The van der Waals surface area contributed by atoms with Crippen molar-refractivity contribution in [1.29, 1.82) is 0 Å². The van der Waals surface area contributed by atoms with Crippen molar-refractivity contribution >= 4 is 5.69 Å². The van der Waals surface area contributed by atoms with Crippen LogP contribution in [-0.2, 0) is 6.42 Å². The Morgan fingerprint density at radius 2 is 2.25 bits per heavy atom. The Morgan fingerprint density at radius 1 is 1.38 bits per heavy atom. The molecule has 0 aliphatic carbocycles. The smallest absolute Gasteiger partial charge is 0.119 e. The second-order valence-electron chi connectivity index (χ2n) is 4.53. The summed E-state index contributed by atoms with van der Waals surface area (Å²) in [7, 11) is 0. The van der Waals surface area contributed by atoms with Crippen LogP contribution in [0.3, 0.4) is 0 Å². The minimum atomic E-state index is 0.772. The summed E-state index contributed by atoms with van der Waals surface area (Å²) in [6.45, 7) is 6.31. The molecule has 88 valence electrons. The van der Waals surface area contributed by atoms with E-state index >= 15 is 0 Å². The number of fused-ring (bicyclic) bond motifs is 1. The molecule has 1 aliphatic rings. The fourth-order valence-corrected chi connectivity index (χ4v) is 2.15. The van der Waals surface area contributed by atoms with E-state index in [4.69, 9.17) is 4.74 Å². The Kier molecular flexibility index (Phi) is 3.70. The Bertz CT molecular complexity index is 349. The van der Waals surface area contributed by atoms with Gasteiger partial charge in [-0.25, -0.2) is 0 Å². The fourth-order valence-electron chi connectivity index (χ4n) is 2.15. The number of ether oxygens (including phenoxy) is 1. The summed E-state index contributed by atoms with van der Waals surface area (Å²) < 4.78 is 5.66. The highest BCUT2D eigenvalue weighted by Crippen LogP contribution is 2.29. The van der Waals surface area contributed by atoms with Gasteiger partial charge in [0.15, 0.2) is 0 Å². The molecular weight excluding hydrogens is 198 g/mol. The first-order valence-electron chi connectivity index (χ1n) is 6.33. The maximum Gasteiger partial charge on any atom is 0.119 e. The van der Waals surface area contributed by atoms with Gasteiger partial charge in [0.05, 0.1) is 6.61 Å². The molecule has 0 amide bonds. The predicted octanol–water partition coefficient (Wildman–Crippen LogP) is 3.47. The lowest BCUT2D eigenvalue weighted by molar-refractivity contribution is 0.317. The third kappa shape index (κ3) is 2.49. The molecule has 0 spiro atoms. The standard InChI is InChI=1S/C14H21NO/c1-3-7-16-13-5-6-14-12(9-13)8-11(4-2)10-15-14/h5-6,9,11,15H,3-4,7-8,10H2,1-2H3. The summed E-state index contributed by atoms with van der Waals surface area (Å²) >= 11 is 0. The maximum atomic E-state index is 5.66. The lowest BCUT2D eigenvalue weighted by Crippen LogP contribution is -2.22. The fraction of sp³-hybridized carbons (Fsp3) is 0.571. The van der Waals surface area contributed by atoms with Gasteiger partial charge in [-0.1, -0.05) is 20.3 Å². The van der Waals surface area contributed by atoms with Gasteiger partial charge in [-0.2, -0.15) is 0 Å². The van der Waals surface area contributed by atoms with Crippen LogP contribution in [0.15, 0.2) is 18.2 Å². The van der Waals surface area contributed by atoms with Gasteiger partial charge in [-0.15, -0.1) is 0 Å². The molecule has 1 atom stereocenters. The van der Waals surface area contributed by atoms with Crippen LogP contribution >= 0.6 is 0 Å². The highest BCUT2D eigenvalue weighted by molar-refractivity contribution is 5.56. The van der Waals surface area contributed by atoms with Gasteiger partial charge in [-0.05, 0) is 42.5 Å². The molecule has 0 aromatic heterocycles. The van der Waals surface area contributed by atoms with Crippen LogP contribution in [0.4, 0.5) is 5.69 Å².